The normalized spacial score (nSPS) is 18.8. The highest BCUT2D eigenvalue weighted by Crippen LogP contribution is 2.38. The van der Waals surface area contributed by atoms with E-state index in [2.05, 4.69) is 27.9 Å². The van der Waals surface area contributed by atoms with Gasteiger partial charge in [0.25, 0.3) is 0 Å². The molecule has 2 N–H and O–H groups in total. The summed E-state index contributed by atoms with van der Waals surface area (Å²) in [4.78, 5) is 19.1. The number of aromatic nitrogens is 2. The Labute approximate surface area is 169 Å². The van der Waals surface area contributed by atoms with Crippen molar-refractivity contribution in [3.63, 3.8) is 0 Å². The van der Waals surface area contributed by atoms with Crippen LogP contribution in [0.3, 0.4) is 0 Å². The topological polar surface area (TPSA) is 62.2 Å². The molecule has 2 atom stereocenters. The number of carbonyl (C=O) groups excluding carboxylic acids is 1. The molecule has 142 valence electrons. The average Bonchev–Trinajstić information content (AvgIpc) is 3.26. The number of nitrogens with one attached hydrogen (secondary N) is 2. The summed E-state index contributed by atoms with van der Waals surface area (Å²) in [6.07, 6.45) is 5.82. The minimum atomic E-state index is -0.124. The molecular weight excluding hydrogens is 370 g/mol. The summed E-state index contributed by atoms with van der Waals surface area (Å²) in [6.45, 7) is 0.156. The van der Waals surface area contributed by atoms with E-state index in [9.17, 15) is 4.79 Å². The van der Waals surface area contributed by atoms with E-state index in [1.54, 1.807) is 6.20 Å². The molecule has 0 saturated carbocycles. The van der Waals surface area contributed by atoms with Gasteiger partial charge < -0.3 is 20.1 Å². The molecule has 1 aliphatic heterocycles. The highest BCUT2D eigenvalue weighted by atomic mass is 32.1. The second-order valence-electron chi connectivity index (χ2n) is 6.78. The number of thiocarbonyl (C=S) groups is 1. The summed E-state index contributed by atoms with van der Waals surface area (Å²) in [5.74, 6) is -0.113. The summed E-state index contributed by atoms with van der Waals surface area (Å²) < 4.78 is 1.99. The maximum atomic E-state index is 12.7. The molecule has 6 nitrogen and oxygen atoms in total. The van der Waals surface area contributed by atoms with Gasteiger partial charge in [0.15, 0.2) is 5.11 Å². The van der Waals surface area contributed by atoms with Gasteiger partial charge >= 0.3 is 0 Å². The molecule has 0 bridgehead atoms. The van der Waals surface area contributed by atoms with Gasteiger partial charge in [-0.3, -0.25) is 9.78 Å². The van der Waals surface area contributed by atoms with Gasteiger partial charge in [0.05, 0.1) is 17.8 Å². The number of anilines is 1. The lowest BCUT2D eigenvalue weighted by Gasteiger charge is -2.26. The quantitative estimate of drug-likeness (QED) is 0.655. The highest BCUT2D eigenvalue weighted by molar-refractivity contribution is 7.80. The summed E-state index contributed by atoms with van der Waals surface area (Å²) in [5.41, 5.74) is 2.74. The van der Waals surface area contributed by atoms with Crippen molar-refractivity contribution in [2.24, 2.45) is 7.05 Å². The molecular formula is C21H21N5OS. The Hall–Kier alpha value is -3.19. The highest BCUT2D eigenvalue weighted by Gasteiger charge is 2.40. The van der Waals surface area contributed by atoms with E-state index in [0.717, 1.165) is 16.9 Å². The smallest absolute Gasteiger partial charge is 0.244 e. The van der Waals surface area contributed by atoms with Gasteiger partial charge in [-0.05, 0) is 48.1 Å². The SMILES string of the molecule is Cn1ccc(C2C(c3ccccn3)NC(=S)N2CC(=O)Nc2ccccc2)c1. The van der Waals surface area contributed by atoms with Crippen LogP contribution < -0.4 is 10.6 Å². The molecule has 3 aromatic rings. The van der Waals surface area contributed by atoms with Crippen LogP contribution >= 0.6 is 12.2 Å². The molecule has 1 aliphatic rings. The Morgan fingerprint density at radius 2 is 1.96 bits per heavy atom. The third-order valence-electron chi connectivity index (χ3n) is 4.77. The zero-order chi connectivity index (χ0) is 19.5. The van der Waals surface area contributed by atoms with Crippen LogP contribution in [0.2, 0.25) is 0 Å². The van der Waals surface area contributed by atoms with Crippen LogP contribution in [-0.2, 0) is 11.8 Å². The molecule has 3 heterocycles. The lowest BCUT2D eigenvalue weighted by molar-refractivity contribution is -0.116. The van der Waals surface area contributed by atoms with Crippen LogP contribution in [0.5, 0.6) is 0 Å². The summed E-state index contributed by atoms with van der Waals surface area (Å²) in [6, 6.07) is 17.1. The molecule has 0 aliphatic carbocycles. The van der Waals surface area contributed by atoms with Crippen molar-refractivity contribution in [3.8, 4) is 0 Å². The van der Waals surface area contributed by atoms with Gasteiger partial charge in [-0.15, -0.1) is 0 Å². The first-order valence-corrected chi connectivity index (χ1v) is 9.47. The second kappa shape index (κ2) is 7.82. The zero-order valence-corrected chi connectivity index (χ0v) is 16.3. The third-order valence-corrected chi connectivity index (χ3v) is 5.12. The number of rotatable bonds is 5. The monoisotopic (exact) mass is 391 g/mol. The van der Waals surface area contributed by atoms with E-state index in [4.69, 9.17) is 12.2 Å². The van der Waals surface area contributed by atoms with Gasteiger partial charge in [0.1, 0.15) is 6.54 Å². The number of hydrogen-bond donors (Lipinski definition) is 2. The van der Waals surface area contributed by atoms with Crippen LogP contribution in [0, 0.1) is 0 Å². The molecule has 1 fully saturated rings. The lowest BCUT2D eigenvalue weighted by Crippen LogP contribution is -2.37. The van der Waals surface area contributed by atoms with Crippen molar-refractivity contribution in [1.82, 2.24) is 19.8 Å². The van der Waals surface area contributed by atoms with Crippen molar-refractivity contribution in [2.75, 3.05) is 11.9 Å². The fourth-order valence-corrected chi connectivity index (χ4v) is 3.82. The molecule has 1 aromatic carbocycles. The van der Waals surface area contributed by atoms with Gasteiger partial charge in [0, 0.05) is 31.3 Å². The minimum absolute atomic E-state index is 0.113. The number of aryl methyl sites for hydroxylation is 1. The molecule has 0 radical (unpaired) electrons. The predicted octanol–water partition coefficient (Wildman–Crippen LogP) is 3.03. The van der Waals surface area contributed by atoms with Gasteiger partial charge in [-0.1, -0.05) is 24.3 Å². The summed E-state index contributed by atoms with van der Waals surface area (Å²) in [7, 11) is 1.98. The van der Waals surface area contributed by atoms with Crippen LogP contribution in [0.15, 0.2) is 73.2 Å². The van der Waals surface area contributed by atoms with Crippen molar-refractivity contribution < 1.29 is 4.79 Å². The second-order valence-corrected chi connectivity index (χ2v) is 7.17. The molecule has 1 amide bonds. The number of pyridine rings is 1. The summed E-state index contributed by atoms with van der Waals surface area (Å²) >= 11 is 5.58. The first-order valence-electron chi connectivity index (χ1n) is 9.06. The van der Waals surface area contributed by atoms with Gasteiger partial charge in [-0.2, -0.15) is 0 Å². The zero-order valence-electron chi connectivity index (χ0n) is 15.4. The number of para-hydroxylation sites is 1. The number of hydrogen-bond acceptors (Lipinski definition) is 3. The Morgan fingerprint density at radius 1 is 1.18 bits per heavy atom. The fraction of sp³-hybridized carbons (Fsp3) is 0.190. The van der Waals surface area contributed by atoms with Crippen LogP contribution in [-0.4, -0.2) is 32.0 Å². The van der Waals surface area contributed by atoms with E-state index >= 15 is 0 Å². The lowest BCUT2D eigenvalue weighted by atomic mass is 9.99. The first-order chi connectivity index (χ1) is 13.6. The first kappa shape index (κ1) is 18.2. The van der Waals surface area contributed by atoms with Gasteiger partial charge in [0.2, 0.25) is 5.91 Å². The third kappa shape index (κ3) is 3.75. The summed E-state index contributed by atoms with van der Waals surface area (Å²) in [5, 5.41) is 6.83. The number of carbonyl (C=O) groups is 1. The maximum absolute atomic E-state index is 12.7. The Bertz CT molecular complexity index is 973. The van der Waals surface area contributed by atoms with E-state index in [-0.39, 0.29) is 24.5 Å². The van der Waals surface area contributed by atoms with Crippen molar-refractivity contribution in [2.45, 2.75) is 12.1 Å². The molecule has 2 unspecified atom stereocenters. The largest absolute Gasteiger partial charge is 0.357 e. The van der Waals surface area contributed by atoms with E-state index in [1.165, 1.54) is 0 Å². The predicted molar refractivity (Wildman–Crippen MR) is 113 cm³/mol. The van der Waals surface area contributed by atoms with E-state index in [0.29, 0.717) is 5.11 Å². The van der Waals surface area contributed by atoms with Crippen LogP contribution in [0.25, 0.3) is 0 Å². The average molecular weight is 392 g/mol. The Balaban J connectivity index is 1.61. The molecule has 0 spiro atoms. The number of benzene rings is 1. The Morgan fingerprint density at radius 3 is 2.64 bits per heavy atom. The van der Waals surface area contributed by atoms with Crippen molar-refractivity contribution in [1.29, 1.82) is 0 Å². The molecule has 2 aromatic heterocycles. The van der Waals surface area contributed by atoms with Gasteiger partial charge in [-0.25, -0.2) is 0 Å². The van der Waals surface area contributed by atoms with Crippen molar-refractivity contribution in [3.05, 3.63) is 84.4 Å². The number of amides is 1. The Kier molecular flexibility index (Phi) is 5.08. The molecule has 4 rings (SSSR count). The molecule has 28 heavy (non-hydrogen) atoms. The van der Waals surface area contributed by atoms with E-state index < -0.39 is 0 Å². The molecule has 1 saturated heterocycles. The fourth-order valence-electron chi connectivity index (χ4n) is 3.52. The molecule has 7 heteroatoms. The van der Waals surface area contributed by atoms with E-state index in [1.807, 2.05) is 71.2 Å². The minimum Gasteiger partial charge on any atom is -0.357 e. The van der Waals surface area contributed by atoms with Crippen molar-refractivity contribution >= 4 is 28.9 Å². The standard InChI is InChI=1S/C21H21N5OS/c1-25-12-10-15(13-25)20-19(17-9-5-6-11-22-17)24-21(28)26(20)14-18(27)23-16-7-3-2-4-8-16/h2-13,19-20H,14H2,1H3,(H,23,27)(H,24,28). The number of nitrogens with zero attached hydrogens (tertiary/aromatic N) is 3. The van der Waals surface area contributed by atoms with Crippen LogP contribution in [0.4, 0.5) is 5.69 Å². The maximum Gasteiger partial charge on any atom is 0.244 e. The van der Waals surface area contributed by atoms with Crippen LogP contribution in [0.1, 0.15) is 23.3 Å².